The summed E-state index contributed by atoms with van der Waals surface area (Å²) in [6, 6.07) is 0. The number of rotatable bonds is 8. The van der Waals surface area contributed by atoms with E-state index < -0.39 is 0 Å². The summed E-state index contributed by atoms with van der Waals surface area (Å²) in [6.07, 6.45) is 7.68. The molecule has 0 radical (unpaired) electrons. The van der Waals surface area contributed by atoms with Crippen LogP contribution in [-0.4, -0.2) is 37.9 Å². The summed E-state index contributed by atoms with van der Waals surface area (Å²) >= 11 is 0. The second-order valence-electron chi connectivity index (χ2n) is 8.66. The number of carbonyl (C=O) groups excluding carboxylic acids is 1. The van der Waals surface area contributed by atoms with Gasteiger partial charge in [-0.1, -0.05) is 34.1 Å². The van der Waals surface area contributed by atoms with Crippen molar-refractivity contribution in [1.29, 1.82) is 0 Å². The molecular weight excluding hydrogens is 302 g/mol. The Labute approximate surface area is 148 Å². The van der Waals surface area contributed by atoms with Crippen molar-refractivity contribution in [3.63, 3.8) is 0 Å². The number of ether oxygens (including phenoxy) is 2. The second kappa shape index (κ2) is 9.19. The molecule has 1 amide bonds. The fraction of sp³-hybridized carbons (Fsp3) is 0.950. The molecular formula is C20H37NO3. The standard InChI is InChI=1S/C20H37NO3/c1-15(2)7-8-20(9-11-24-18(12-20)16(3)4)13-19(22)21-14-17-6-5-10-23-17/h15-18H,5-14H2,1-4H3,(H,21,22)/t17-,18-,20+/m1/s1. The van der Waals surface area contributed by atoms with Gasteiger partial charge in [-0.05, 0) is 49.4 Å². The number of hydrogen-bond donors (Lipinski definition) is 1. The quantitative estimate of drug-likeness (QED) is 0.729. The fourth-order valence-corrected chi connectivity index (χ4v) is 3.95. The lowest BCUT2D eigenvalue weighted by Gasteiger charge is -2.42. The Morgan fingerprint density at radius 2 is 2.00 bits per heavy atom. The molecule has 4 heteroatoms. The molecule has 2 saturated heterocycles. The number of nitrogens with one attached hydrogen (secondary N) is 1. The van der Waals surface area contributed by atoms with E-state index in [2.05, 4.69) is 33.0 Å². The van der Waals surface area contributed by atoms with Gasteiger partial charge in [-0.3, -0.25) is 4.79 Å². The molecule has 0 saturated carbocycles. The Bertz CT molecular complexity index is 390. The van der Waals surface area contributed by atoms with Gasteiger partial charge in [-0.2, -0.15) is 0 Å². The Morgan fingerprint density at radius 1 is 1.21 bits per heavy atom. The first-order chi connectivity index (χ1) is 11.4. The van der Waals surface area contributed by atoms with Crippen molar-refractivity contribution in [3.8, 4) is 0 Å². The minimum Gasteiger partial charge on any atom is -0.378 e. The van der Waals surface area contributed by atoms with Gasteiger partial charge in [0, 0.05) is 26.2 Å². The molecule has 4 nitrogen and oxygen atoms in total. The van der Waals surface area contributed by atoms with Gasteiger partial charge in [-0.15, -0.1) is 0 Å². The molecule has 0 spiro atoms. The molecule has 2 rings (SSSR count). The van der Waals surface area contributed by atoms with Gasteiger partial charge in [-0.25, -0.2) is 0 Å². The minimum absolute atomic E-state index is 0.109. The van der Waals surface area contributed by atoms with Crippen LogP contribution in [-0.2, 0) is 14.3 Å². The topological polar surface area (TPSA) is 47.6 Å². The Balaban J connectivity index is 1.92. The Morgan fingerprint density at radius 3 is 2.62 bits per heavy atom. The highest BCUT2D eigenvalue weighted by Crippen LogP contribution is 2.43. The van der Waals surface area contributed by atoms with Crippen LogP contribution in [0.25, 0.3) is 0 Å². The highest BCUT2D eigenvalue weighted by atomic mass is 16.5. The van der Waals surface area contributed by atoms with Crippen molar-refractivity contribution in [2.75, 3.05) is 19.8 Å². The van der Waals surface area contributed by atoms with E-state index in [-0.39, 0.29) is 23.5 Å². The average Bonchev–Trinajstić information content (AvgIpc) is 3.05. The third-order valence-corrected chi connectivity index (χ3v) is 5.68. The first-order valence-corrected chi connectivity index (χ1v) is 9.90. The summed E-state index contributed by atoms with van der Waals surface area (Å²) in [5.41, 5.74) is 0.109. The molecule has 0 aromatic carbocycles. The molecule has 0 unspecified atom stereocenters. The Hall–Kier alpha value is -0.610. The lowest BCUT2D eigenvalue weighted by Crippen LogP contribution is -2.42. The smallest absolute Gasteiger partial charge is 0.220 e. The molecule has 0 aliphatic carbocycles. The van der Waals surface area contributed by atoms with Gasteiger partial charge in [0.2, 0.25) is 5.91 Å². The summed E-state index contributed by atoms with van der Waals surface area (Å²) in [4.78, 5) is 12.6. The molecule has 3 atom stereocenters. The third-order valence-electron chi connectivity index (χ3n) is 5.68. The molecule has 2 fully saturated rings. The van der Waals surface area contributed by atoms with Crippen LogP contribution in [0.4, 0.5) is 0 Å². The van der Waals surface area contributed by atoms with Crippen LogP contribution in [0.2, 0.25) is 0 Å². The third kappa shape index (κ3) is 6.03. The normalized spacial score (nSPS) is 30.9. The van der Waals surface area contributed by atoms with E-state index in [1.807, 2.05) is 0 Å². The van der Waals surface area contributed by atoms with Gasteiger partial charge >= 0.3 is 0 Å². The highest BCUT2D eigenvalue weighted by molar-refractivity contribution is 5.76. The van der Waals surface area contributed by atoms with Crippen LogP contribution in [0.1, 0.15) is 72.6 Å². The maximum Gasteiger partial charge on any atom is 0.220 e. The van der Waals surface area contributed by atoms with Crippen LogP contribution >= 0.6 is 0 Å². The molecule has 140 valence electrons. The number of hydrogen-bond acceptors (Lipinski definition) is 3. The van der Waals surface area contributed by atoms with E-state index in [9.17, 15) is 4.79 Å². The summed E-state index contributed by atoms with van der Waals surface area (Å²) in [5, 5.41) is 3.12. The predicted molar refractivity (Wildman–Crippen MR) is 96.9 cm³/mol. The minimum atomic E-state index is 0.109. The largest absolute Gasteiger partial charge is 0.378 e. The molecule has 2 heterocycles. The van der Waals surface area contributed by atoms with Crippen LogP contribution in [0.5, 0.6) is 0 Å². The summed E-state index contributed by atoms with van der Waals surface area (Å²) in [5.74, 6) is 1.38. The number of amides is 1. The zero-order valence-corrected chi connectivity index (χ0v) is 16.1. The zero-order chi connectivity index (χ0) is 17.6. The predicted octanol–water partition coefficient (Wildman–Crippen LogP) is 3.93. The fourth-order valence-electron chi connectivity index (χ4n) is 3.95. The molecule has 0 aromatic rings. The number of carbonyl (C=O) groups is 1. The van der Waals surface area contributed by atoms with E-state index in [0.717, 1.165) is 45.3 Å². The Kier molecular flexibility index (Phi) is 7.55. The van der Waals surface area contributed by atoms with Crippen molar-refractivity contribution in [1.82, 2.24) is 5.32 Å². The van der Waals surface area contributed by atoms with E-state index in [1.165, 1.54) is 6.42 Å². The van der Waals surface area contributed by atoms with Crippen LogP contribution in [0, 0.1) is 17.3 Å². The maximum atomic E-state index is 12.6. The van der Waals surface area contributed by atoms with Crippen LogP contribution in [0.3, 0.4) is 0 Å². The summed E-state index contributed by atoms with van der Waals surface area (Å²) in [7, 11) is 0. The van der Waals surface area contributed by atoms with Crippen molar-refractivity contribution in [3.05, 3.63) is 0 Å². The first kappa shape index (κ1) is 19.7. The van der Waals surface area contributed by atoms with Crippen molar-refractivity contribution in [2.45, 2.75) is 84.8 Å². The van der Waals surface area contributed by atoms with Crippen molar-refractivity contribution >= 4 is 5.91 Å². The summed E-state index contributed by atoms with van der Waals surface area (Å²) < 4.78 is 11.6. The van der Waals surface area contributed by atoms with E-state index in [4.69, 9.17) is 9.47 Å². The molecule has 0 aromatic heterocycles. The van der Waals surface area contributed by atoms with Gasteiger partial charge in [0.1, 0.15) is 0 Å². The van der Waals surface area contributed by atoms with Crippen molar-refractivity contribution in [2.24, 2.45) is 17.3 Å². The highest BCUT2D eigenvalue weighted by Gasteiger charge is 2.39. The van der Waals surface area contributed by atoms with E-state index in [1.54, 1.807) is 0 Å². The van der Waals surface area contributed by atoms with E-state index >= 15 is 0 Å². The molecule has 24 heavy (non-hydrogen) atoms. The zero-order valence-electron chi connectivity index (χ0n) is 16.1. The molecule has 0 bridgehead atoms. The lowest BCUT2D eigenvalue weighted by molar-refractivity contribution is -0.129. The summed E-state index contributed by atoms with van der Waals surface area (Å²) in [6.45, 7) is 11.3. The van der Waals surface area contributed by atoms with Gasteiger partial charge in [0.05, 0.1) is 12.2 Å². The molecule has 2 aliphatic heterocycles. The van der Waals surface area contributed by atoms with E-state index in [0.29, 0.717) is 24.8 Å². The van der Waals surface area contributed by atoms with Gasteiger partial charge < -0.3 is 14.8 Å². The van der Waals surface area contributed by atoms with Gasteiger partial charge in [0.25, 0.3) is 0 Å². The first-order valence-electron chi connectivity index (χ1n) is 9.90. The van der Waals surface area contributed by atoms with Crippen molar-refractivity contribution < 1.29 is 14.3 Å². The van der Waals surface area contributed by atoms with Gasteiger partial charge in [0.15, 0.2) is 0 Å². The second-order valence-corrected chi connectivity index (χ2v) is 8.66. The SMILES string of the molecule is CC(C)CC[C@]1(CC(=O)NC[C@H]2CCCO2)CCO[C@@H](C(C)C)C1. The van der Waals surface area contributed by atoms with Crippen LogP contribution in [0.15, 0.2) is 0 Å². The molecule has 1 N–H and O–H groups in total. The molecule has 2 aliphatic rings. The monoisotopic (exact) mass is 339 g/mol. The maximum absolute atomic E-state index is 12.6. The average molecular weight is 340 g/mol. The van der Waals surface area contributed by atoms with Crippen LogP contribution < -0.4 is 5.32 Å². The lowest BCUT2D eigenvalue weighted by atomic mass is 9.69.